The number of benzene rings is 2. The Bertz CT molecular complexity index is 2080. The van der Waals surface area contributed by atoms with Crippen molar-refractivity contribution in [2.45, 2.75) is 43.7 Å². The van der Waals surface area contributed by atoms with Crippen molar-refractivity contribution in [2.75, 3.05) is 61.1 Å². The third-order valence-electron chi connectivity index (χ3n) is 9.89. The number of anilines is 2. The first kappa shape index (κ1) is 46.4. The highest BCUT2D eigenvalue weighted by molar-refractivity contribution is 8.76. The summed E-state index contributed by atoms with van der Waals surface area (Å²) in [4.78, 5) is 56.1. The van der Waals surface area contributed by atoms with Gasteiger partial charge in [0.1, 0.15) is 18.6 Å². The van der Waals surface area contributed by atoms with Gasteiger partial charge in [-0.3, -0.25) is 14.6 Å². The largest absolute Gasteiger partial charge is 0.480 e. The van der Waals surface area contributed by atoms with Gasteiger partial charge in [-0.15, -0.1) is 0 Å². The molecule has 14 nitrogen and oxygen atoms in total. The van der Waals surface area contributed by atoms with Crippen molar-refractivity contribution < 1.29 is 43.8 Å². The Labute approximate surface area is 364 Å². The van der Waals surface area contributed by atoms with E-state index < -0.39 is 30.3 Å². The summed E-state index contributed by atoms with van der Waals surface area (Å²) in [5.41, 5.74) is 5.26. The van der Waals surface area contributed by atoms with Crippen LogP contribution in [0.1, 0.15) is 29.5 Å². The fraction of sp³-hybridized carbons (Fsp3) is 0.333. The van der Waals surface area contributed by atoms with E-state index >= 15 is 0 Å². The van der Waals surface area contributed by atoms with Crippen LogP contribution in [0, 0.1) is 0 Å². The SMILES string of the molecule is C=CC(C=Cc1ccc(N2CC(O)CC2C(=O)O)cc1)=CC=NCC(=O)NCCSSCCNC(=O)C[n+]1ccc(C=Cc2ccc(N3CC(O)CC3C(=O)OC)cc2)cc1. The van der Waals surface area contributed by atoms with E-state index in [1.807, 2.05) is 107 Å². The minimum Gasteiger partial charge on any atom is -0.480 e. The van der Waals surface area contributed by atoms with E-state index in [2.05, 4.69) is 22.2 Å². The Hall–Kier alpha value is -5.68. The zero-order valence-electron chi connectivity index (χ0n) is 34.0. The van der Waals surface area contributed by atoms with Crippen LogP contribution < -0.4 is 25.0 Å². The molecule has 4 atom stereocenters. The van der Waals surface area contributed by atoms with Gasteiger partial charge in [0, 0.05) is 80.2 Å². The summed E-state index contributed by atoms with van der Waals surface area (Å²) >= 11 is 0. The molecule has 1 aromatic heterocycles. The number of carbonyl (C=O) groups is 4. The number of amides is 2. The van der Waals surface area contributed by atoms with Gasteiger partial charge in [-0.2, -0.15) is 4.57 Å². The standard InChI is InChI=1S/C45H52N6O8S2/c1-3-32(4-5-33-8-12-36(13-9-33)50-29-38(52)26-40(50)44(56)57)16-19-46-28-42(54)47-20-24-60-61-25-21-48-43(55)31-49-22-17-35(18-23-49)7-6-34-10-14-37(15-11-34)51-30-39(53)27-41(51)45(58)59-2/h3-19,22-23,38-41,52-53H,1,20-21,24-31H2,2H3,(H2-,47,48,54,55,56,57)/p+1. The minimum atomic E-state index is -0.950. The number of pyridine rings is 1. The second kappa shape index (κ2) is 23.9. The summed E-state index contributed by atoms with van der Waals surface area (Å²) < 4.78 is 6.72. The minimum absolute atomic E-state index is 0.000943. The Kier molecular flexibility index (Phi) is 18.2. The van der Waals surface area contributed by atoms with Crippen LogP contribution in [-0.4, -0.2) is 121 Å². The number of esters is 1. The van der Waals surface area contributed by atoms with Gasteiger partial charge in [0.2, 0.25) is 12.5 Å². The van der Waals surface area contributed by atoms with Gasteiger partial charge >= 0.3 is 11.9 Å². The maximum Gasteiger partial charge on any atom is 0.328 e. The number of ether oxygens (including phenoxy) is 1. The van der Waals surface area contributed by atoms with Gasteiger partial charge in [-0.25, -0.2) is 9.59 Å². The fourth-order valence-electron chi connectivity index (χ4n) is 6.74. The molecule has 0 spiro atoms. The average Bonchev–Trinajstić information content (AvgIpc) is 3.86. The maximum atomic E-state index is 12.5. The Morgan fingerprint density at radius 1 is 0.803 bits per heavy atom. The van der Waals surface area contributed by atoms with Crippen LogP contribution >= 0.6 is 21.6 Å². The predicted molar refractivity (Wildman–Crippen MR) is 243 cm³/mol. The lowest BCUT2D eigenvalue weighted by atomic mass is 10.1. The highest BCUT2D eigenvalue weighted by Gasteiger charge is 2.37. The zero-order chi connectivity index (χ0) is 43.6. The molecule has 61 heavy (non-hydrogen) atoms. The smallest absolute Gasteiger partial charge is 0.328 e. The second-order valence-corrected chi connectivity index (χ2v) is 17.0. The monoisotopic (exact) mass is 869 g/mol. The van der Waals surface area contributed by atoms with Crippen molar-refractivity contribution in [3.8, 4) is 0 Å². The van der Waals surface area contributed by atoms with Crippen molar-refractivity contribution in [2.24, 2.45) is 4.99 Å². The fourth-order valence-corrected chi connectivity index (χ4v) is 8.56. The summed E-state index contributed by atoms with van der Waals surface area (Å²) in [6.07, 6.45) is 15.8. The Morgan fingerprint density at radius 2 is 1.33 bits per heavy atom. The number of carboxylic acids is 1. The van der Waals surface area contributed by atoms with Gasteiger partial charge in [0.15, 0.2) is 12.4 Å². The summed E-state index contributed by atoms with van der Waals surface area (Å²) in [7, 11) is 4.60. The first-order valence-electron chi connectivity index (χ1n) is 19.9. The molecule has 0 aliphatic carbocycles. The van der Waals surface area contributed by atoms with Crippen LogP contribution in [-0.2, 0) is 30.5 Å². The Morgan fingerprint density at radius 3 is 1.89 bits per heavy atom. The highest BCUT2D eigenvalue weighted by Crippen LogP contribution is 2.28. The number of allylic oxidation sites excluding steroid dienone is 4. The third kappa shape index (κ3) is 14.8. The van der Waals surface area contributed by atoms with Crippen LogP contribution in [0.4, 0.5) is 11.4 Å². The van der Waals surface area contributed by atoms with Crippen molar-refractivity contribution >= 4 is 81.2 Å². The summed E-state index contributed by atoms with van der Waals surface area (Å²) in [5.74, 6) is -0.129. The molecule has 0 radical (unpaired) electrons. The van der Waals surface area contributed by atoms with Crippen LogP contribution in [0.2, 0.25) is 0 Å². The number of nitrogens with one attached hydrogen (secondary N) is 2. The van der Waals surface area contributed by atoms with E-state index in [1.54, 1.807) is 44.9 Å². The topological polar surface area (TPSA) is 185 Å². The molecule has 4 unspecified atom stereocenters. The third-order valence-corrected chi connectivity index (χ3v) is 12.3. The van der Waals surface area contributed by atoms with Crippen LogP contribution in [0.15, 0.2) is 108 Å². The summed E-state index contributed by atoms with van der Waals surface area (Å²) in [5, 5.41) is 35.3. The van der Waals surface area contributed by atoms with Crippen molar-refractivity contribution in [1.82, 2.24) is 10.6 Å². The van der Waals surface area contributed by atoms with Crippen molar-refractivity contribution in [3.05, 3.63) is 120 Å². The van der Waals surface area contributed by atoms with Crippen molar-refractivity contribution in [1.29, 1.82) is 0 Å². The molecule has 5 rings (SSSR count). The molecular formula is C45H53N6O8S2+. The molecule has 2 fully saturated rings. The zero-order valence-corrected chi connectivity index (χ0v) is 35.7. The highest BCUT2D eigenvalue weighted by atomic mass is 33.1. The van der Waals surface area contributed by atoms with E-state index in [0.29, 0.717) is 31.8 Å². The molecule has 2 aromatic carbocycles. The quantitative estimate of drug-likeness (QED) is 0.0261. The number of hydrogen-bond acceptors (Lipinski definition) is 12. The lowest BCUT2D eigenvalue weighted by Crippen LogP contribution is -2.42. The molecule has 3 heterocycles. The van der Waals surface area contributed by atoms with E-state index in [4.69, 9.17) is 4.74 Å². The molecule has 5 N–H and O–H groups in total. The van der Waals surface area contributed by atoms with Gasteiger partial charge in [0.25, 0.3) is 5.91 Å². The lowest BCUT2D eigenvalue weighted by Gasteiger charge is -2.24. The van der Waals surface area contributed by atoms with Gasteiger partial charge in [-0.05, 0) is 52.6 Å². The molecule has 0 saturated carbocycles. The van der Waals surface area contributed by atoms with Crippen molar-refractivity contribution in [3.63, 3.8) is 0 Å². The maximum absolute atomic E-state index is 12.5. The predicted octanol–water partition coefficient (Wildman–Crippen LogP) is 3.79. The average molecular weight is 870 g/mol. The number of nitrogens with zero attached hydrogens (tertiary/aromatic N) is 4. The summed E-state index contributed by atoms with van der Waals surface area (Å²) in [6, 6.07) is 17.8. The molecule has 16 heteroatoms. The molecule has 2 saturated heterocycles. The number of aliphatic hydroxyl groups excluding tert-OH is 2. The van der Waals surface area contributed by atoms with E-state index in [1.165, 1.54) is 7.11 Å². The van der Waals surface area contributed by atoms with Gasteiger partial charge < -0.3 is 40.5 Å². The van der Waals surface area contributed by atoms with E-state index in [9.17, 15) is 34.5 Å². The molecule has 2 amide bonds. The molecule has 2 aliphatic heterocycles. The normalized spacial score (nSPS) is 19.2. The van der Waals surface area contributed by atoms with Crippen LogP contribution in [0.5, 0.6) is 0 Å². The van der Waals surface area contributed by atoms with Gasteiger partial charge in [0.05, 0.1) is 19.3 Å². The second-order valence-electron chi connectivity index (χ2n) is 14.3. The number of aliphatic imine (C=N–C) groups is 1. The Balaban J connectivity index is 0.904. The summed E-state index contributed by atoms with van der Waals surface area (Å²) in [6.45, 7) is 5.73. The number of aromatic nitrogens is 1. The lowest BCUT2D eigenvalue weighted by molar-refractivity contribution is -0.684. The number of carboxylic acid groups (broad SMARTS) is 1. The van der Waals surface area contributed by atoms with E-state index in [-0.39, 0.29) is 43.8 Å². The molecule has 0 bridgehead atoms. The van der Waals surface area contributed by atoms with E-state index in [0.717, 1.165) is 39.4 Å². The van der Waals surface area contributed by atoms with Crippen LogP contribution in [0.3, 0.4) is 0 Å². The number of hydrogen-bond donors (Lipinski definition) is 5. The van der Waals surface area contributed by atoms with Gasteiger partial charge in [-0.1, -0.05) is 82.8 Å². The van der Waals surface area contributed by atoms with Crippen LogP contribution in [0.25, 0.3) is 18.2 Å². The molecule has 3 aromatic rings. The number of rotatable bonds is 21. The number of aliphatic carboxylic acids is 1. The molecule has 2 aliphatic rings. The number of carbonyl (C=O) groups excluding carboxylic acids is 3. The molecule has 322 valence electrons. The first-order chi connectivity index (χ1) is 29.5. The number of methoxy groups -OCH3 is 1. The first-order valence-corrected chi connectivity index (χ1v) is 22.4. The number of β-amino-alcohol motifs (C(OH)–C–C–N with tert-alkyl or cyclic N) is 2. The number of aliphatic hydroxyl groups is 2. The molecular weight excluding hydrogens is 817 g/mol.